The van der Waals surface area contributed by atoms with Crippen molar-refractivity contribution < 1.29 is 9.59 Å². The molecule has 1 aliphatic heterocycles. The van der Waals surface area contributed by atoms with Gasteiger partial charge in [-0.3, -0.25) is 9.69 Å². The number of hydrogen-bond acceptors (Lipinski definition) is 4. The fraction of sp³-hybridized carbons (Fsp3) is 0.355. The van der Waals surface area contributed by atoms with Crippen molar-refractivity contribution in [1.29, 1.82) is 0 Å². The minimum atomic E-state index is -0.221. The van der Waals surface area contributed by atoms with E-state index >= 15 is 0 Å². The number of likely N-dealkylation sites (tertiary alicyclic amines) is 1. The summed E-state index contributed by atoms with van der Waals surface area (Å²) < 4.78 is 0. The SMILES string of the molecule is CCNC(=O)NC1CC(CNC(=O)c2ccccc2)C(N(C)C)CN1C(c1ccccc1)c1ccccc1. The summed E-state index contributed by atoms with van der Waals surface area (Å²) in [6, 6.07) is 30.2. The summed E-state index contributed by atoms with van der Waals surface area (Å²) >= 11 is 0. The van der Waals surface area contributed by atoms with Crippen LogP contribution in [0.2, 0.25) is 0 Å². The Labute approximate surface area is 226 Å². The van der Waals surface area contributed by atoms with E-state index in [1.165, 1.54) is 11.1 Å². The van der Waals surface area contributed by atoms with Crippen LogP contribution in [0.25, 0.3) is 0 Å². The largest absolute Gasteiger partial charge is 0.352 e. The Morgan fingerprint density at radius 2 is 1.42 bits per heavy atom. The first-order chi connectivity index (χ1) is 18.5. The third kappa shape index (κ3) is 6.79. The molecular formula is C31H39N5O2. The fourth-order valence-electron chi connectivity index (χ4n) is 5.43. The number of urea groups is 1. The fourth-order valence-corrected chi connectivity index (χ4v) is 5.43. The highest BCUT2D eigenvalue weighted by molar-refractivity contribution is 5.94. The molecule has 1 heterocycles. The van der Waals surface area contributed by atoms with Crippen molar-refractivity contribution in [2.75, 3.05) is 33.7 Å². The van der Waals surface area contributed by atoms with Crippen LogP contribution in [0.3, 0.4) is 0 Å². The molecule has 0 aromatic heterocycles. The summed E-state index contributed by atoms with van der Waals surface area (Å²) in [4.78, 5) is 30.3. The van der Waals surface area contributed by atoms with Gasteiger partial charge >= 0.3 is 6.03 Å². The lowest BCUT2D eigenvalue weighted by Crippen LogP contribution is -2.63. The van der Waals surface area contributed by atoms with E-state index in [-0.39, 0.29) is 36.1 Å². The Balaban J connectivity index is 1.64. The van der Waals surface area contributed by atoms with Crippen LogP contribution in [0.4, 0.5) is 4.79 Å². The van der Waals surface area contributed by atoms with Gasteiger partial charge in [0.05, 0.1) is 12.2 Å². The predicted molar refractivity (Wildman–Crippen MR) is 152 cm³/mol. The maximum atomic E-state index is 12.8. The summed E-state index contributed by atoms with van der Waals surface area (Å²) in [5, 5.41) is 9.29. The molecule has 3 atom stereocenters. The molecule has 7 nitrogen and oxygen atoms in total. The average Bonchev–Trinajstić information content (AvgIpc) is 2.94. The molecule has 7 heteroatoms. The van der Waals surface area contributed by atoms with Crippen molar-refractivity contribution in [3.63, 3.8) is 0 Å². The molecule has 200 valence electrons. The highest BCUT2D eigenvalue weighted by Crippen LogP contribution is 2.36. The predicted octanol–water partition coefficient (Wildman–Crippen LogP) is 4.10. The third-order valence-electron chi connectivity index (χ3n) is 7.29. The molecule has 3 amide bonds. The Kier molecular flexibility index (Phi) is 9.51. The number of hydrogen-bond donors (Lipinski definition) is 3. The second-order valence-corrected chi connectivity index (χ2v) is 10.0. The highest BCUT2D eigenvalue weighted by Gasteiger charge is 2.41. The second-order valence-electron chi connectivity index (χ2n) is 10.0. The lowest BCUT2D eigenvalue weighted by molar-refractivity contribution is 0.0104. The molecule has 0 bridgehead atoms. The topological polar surface area (TPSA) is 76.7 Å². The van der Waals surface area contributed by atoms with Crippen LogP contribution in [0.15, 0.2) is 91.0 Å². The standard InChI is InChI=1S/C31H39N5O2/c1-4-32-31(38)34-28-20-26(21-33-30(37)25-18-12-7-13-19-25)27(35(2)3)22-36(28)29(23-14-8-5-9-15-23)24-16-10-6-11-17-24/h5-19,26-29H,4,20-22H2,1-3H3,(H,33,37)(H2,32,34,38). The minimum absolute atomic E-state index is 0.0355. The molecule has 3 aromatic rings. The molecule has 38 heavy (non-hydrogen) atoms. The molecule has 1 saturated heterocycles. The van der Waals surface area contributed by atoms with E-state index in [0.717, 1.165) is 6.54 Å². The molecule has 3 aromatic carbocycles. The molecule has 1 aliphatic rings. The van der Waals surface area contributed by atoms with Gasteiger partial charge in [-0.05, 0) is 56.6 Å². The molecular weight excluding hydrogens is 474 g/mol. The van der Waals surface area contributed by atoms with E-state index in [0.29, 0.717) is 25.1 Å². The highest BCUT2D eigenvalue weighted by atomic mass is 16.2. The van der Waals surface area contributed by atoms with Crippen LogP contribution in [0.5, 0.6) is 0 Å². The Bertz CT molecular complexity index is 1120. The summed E-state index contributed by atoms with van der Waals surface area (Å²) in [5.41, 5.74) is 3.00. The summed E-state index contributed by atoms with van der Waals surface area (Å²) in [6.45, 7) is 3.72. The van der Waals surface area contributed by atoms with E-state index in [4.69, 9.17) is 0 Å². The first-order valence-electron chi connectivity index (χ1n) is 13.4. The average molecular weight is 514 g/mol. The molecule has 1 fully saturated rings. The lowest BCUT2D eigenvalue weighted by atomic mass is 9.85. The Morgan fingerprint density at radius 1 is 0.868 bits per heavy atom. The zero-order chi connectivity index (χ0) is 26.9. The van der Waals surface area contributed by atoms with E-state index < -0.39 is 0 Å². The van der Waals surface area contributed by atoms with Crippen LogP contribution < -0.4 is 16.0 Å². The lowest BCUT2D eigenvalue weighted by Gasteiger charge is -2.49. The molecule has 4 rings (SSSR count). The molecule has 3 unspecified atom stereocenters. The molecule has 0 aliphatic carbocycles. The Hall–Kier alpha value is -3.68. The van der Waals surface area contributed by atoms with E-state index in [2.05, 4.69) is 88.4 Å². The first-order valence-corrected chi connectivity index (χ1v) is 13.4. The number of amides is 3. The van der Waals surface area contributed by atoms with Crippen molar-refractivity contribution in [3.05, 3.63) is 108 Å². The summed E-state index contributed by atoms with van der Waals surface area (Å²) in [7, 11) is 4.18. The number of carbonyl (C=O) groups is 2. The minimum Gasteiger partial charge on any atom is -0.352 e. The van der Waals surface area contributed by atoms with Gasteiger partial charge in [0.25, 0.3) is 5.91 Å². The van der Waals surface area contributed by atoms with Crippen molar-refractivity contribution in [3.8, 4) is 0 Å². The summed E-state index contributed by atoms with van der Waals surface area (Å²) in [6.07, 6.45) is 0.479. The normalized spacial score (nSPS) is 19.8. The van der Waals surface area contributed by atoms with Gasteiger partial charge in [0.1, 0.15) is 0 Å². The third-order valence-corrected chi connectivity index (χ3v) is 7.29. The molecule has 3 N–H and O–H groups in total. The molecule has 0 saturated carbocycles. The van der Waals surface area contributed by atoms with Crippen LogP contribution >= 0.6 is 0 Å². The maximum absolute atomic E-state index is 12.8. The zero-order valence-corrected chi connectivity index (χ0v) is 22.5. The van der Waals surface area contributed by atoms with Gasteiger partial charge in [0.2, 0.25) is 0 Å². The Morgan fingerprint density at radius 3 is 1.95 bits per heavy atom. The van der Waals surface area contributed by atoms with Gasteiger partial charge in [-0.15, -0.1) is 0 Å². The van der Waals surface area contributed by atoms with Gasteiger partial charge in [-0.2, -0.15) is 0 Å². The number of benzene rings is 3. The van der Waals surface area contributed by atoms with Gasteiger partial charge in [-0.25, -0.2) is 4.79 Å². The first kappa shape index (κ1) is 27.4. The van der Waals surface area contributed by atoms with Gasteiger partial charge < -0.3 is 20.9 Å². The monoisotopic (exact) mass is 513 g/mol. The van der Waals surface area contributed by atoms with E-state index in [1.54, 1.807) is 0 Å². The zero-order valence-electron chi connectivity index (χ0n) is 22.5. The van der Waals surface area contributed by atoms with Crippen LogP contribution in [-0.2, 0) is 0 Å². The van der Waals surface area contributed by atoms with Crippen molar-refractivity contribution >= 4 is 11.9 Å². The quantitative estimate of drug-likeness (QED) is 0.403. The van der Waals surface area contributed by atoms with Gasteiger partial charge in [0.15, 0.2) is 0 Å². The van der Waals surface area contributed by atoms with E-state index in [9.17, 15) is 9.59 Å². The maximum Gasteiger partial charge on any atom is 0.316 e. The van der Waals surface area contributed by atoms with Crippen LogP contribution in [-0.4, -0.2) is 67.7 Å². The molecule has 0 spiro atoms. The number of carbonyl (C=O) groups excluding carboxylic acids is 2. The smallest absolute Gasteiger partial charge is 0.316 e. The second kappa shape index (κ2) is 13.2. The van der Waals surface area contributed by atoms with Gasteiger partial charge in [0, 0.05) is 31.2 Å². The number of nitrogens with zero attached hydrogens (tertiary/aromatic N) is 2. The van der Waals surface area contributed by atoms with Crippen molar-refractivity contribution in [2.45, 2.75) is 31.6 Å². The molecule has 0 radical (unpaired) electrons. The number of piperidine rings is 1. The van der Waals surface area contributed by atoms with Crippen molar-refractivity contribution in [2.24, 2.45) is 5.92 Å². The van der Waals surface area contributed by atoms with E-state index in [1.807, 2.05) is 49.4 Å². The number of nitrogens with one attached hydrogen (secondary N) is 3. The van der Waals surface area contributed by atoms with Crippen LogP contribution in [0.1, 0.15) is 40.9 Å². The van der Waals surface area contributed by atoms with Crippen molar-refractivity contribution in [1.82, 2.24) is 25.8 Å². The summed E-state index contributed by atoms with van der Waals surface area (Å²) in [5.74, 6) is 0.0678. The number of rotatable bonds is 9. The van der Waals surface area contributed by atoms with Gasteiger partial charge in [-0.1, -0.05) is 78.9 Å². The van der Waals surface area contributed by atoms with Crippen LogP contribution in [0, 0.1) is 5.92 Å². The number of likely N-dealkylation sites (N-methyl/N-ethyl adjacent to an activating group) is 1.